The van der Waals surface area contributed by atoms with Crippen LogP contribution in [0.2, 0.25) is 0 Å². The van der Waals surface area contributed by atoms with Crippen molar-refractivity contribution >= 4 is 30.3 Å². The summed E-state index contributed by atoms with van der Waals surface area (Å²) in [5, 5.41) is 5.40. The topological polar surface area (TPSA) is 105 Å². The van der Waals surface area contributed by atoms with Gasteiger partial charge in [-0.2, -0.15) is 0 Å². The number of nitrogens with one attached hydrogen (secondary N) is 2. The molecule has 25 heavy (non-hydrogen) atoms. The molecule has 1 saturated carbocycles. The maximum atomic E-state index is 12.5. The van der Waals surface area contributed by atoms with E-state index in [9.17, 15) is 14.4 Å². The van der Waals surface area contributed by atoms with Gasteiger partial charge < -0.3 is 16.4 Å². The molecule has 0 aromatic heterocycles. The summed E-state index contributed by atoms with van der Waals surface area (Å²) in [6.07, 6.45) is 1.85. The van der Waals surface area contributed by atoms with Gasteiger partial charge in [0.15, 0.2) is 0 Å². The summed E-state index contributed by atoms with van der Waals surface area (Å²) >= 11 is 0. The number of carbonyl (C=O) groups excluding carboxylic acids is 3. The van der Waals surface area contributed by atoms with Crippen LogP contribution in [0.4, 0.5) is 4.79 Å². The Bertz CT molecular complexity index is 665. The number of nitrogens with two attached hydrogens (primary N) is 1. The minimum atomic E-state index is -0.863. The molecular weight excluding hydrogens is 344 g/mol. The van der Waals surface area contributed by atoms with Gasteiger partial charge in [-0.15, -0.1) is 12.4 Å². The van der Waals surface area contributed by atoms with Crippen LogP contribution in [0.3, 0.4) is 0 Å². The average Bonchev–Trinajstić information content (AvgIpc) is 3.40. The van der Waals surface area contributed by atoms with E-state index < -0.39 is 17.5 Å². The van der Waals surface area contributed by atoms with Crippen LogP contribution in [-0.4, -0.2) is 41.4 Å². The number of nitrogens with zero attached hydrogens (tertiary/aromatic N) is 1. The summed E-state index contributed by atoms with van der Waals surface area (Å²) < 4.78 is 0. The first-order valence-corrected chi connectivity index (χ1v) is 8.13. The Labute approximate surface area is 152 Å². The van der Waals surface area contributed by atoms with Gasteiger partial charge in [-0.1, -0.05) is 30.3 Å². The number of benzene rings is 1. The predicted octanol–water partition coefficient (Wildman–Crippen LogP) is 0.945. The van der Waals surface area contributed by atoms with E-state index in [1.165, 1.54) is 0 Å². The zero-order valence-electron chi connectivity index (χ0n) is 14.0. The van der Waals surface area contributed by atoms with E-state index >= 15 is 0 Å². The standard InChI is InChI=1S/C17H22N4O3.ClH/c1-17(12-7-8-12)15(23)21(16(24)20-17)10-14(22)19-9-13(18)11-5-3-2-4-6-11;/h2-6,12-13H,7-10,18H2,1H3,(H,19,22)(H,20,24);1H. The van der Waals surface area contributed by atoms with Crippen molar-refractivity contribution in [1.82, 2.24) is 15.5 Å². The van der Waals surface area contributed by atoms with Gasteiger partial charge >= 0.3 is 6.03 Å². The third kappa shape index (κ3) is 3.93. The van der Waals surface area contributed by atoms with Crippen molar-refractivity contribution in [3.8, 4) is 0 Å². The first-order valence-electron chi connectivity index (χ1n) is 8.13. The van der Waals surface area contributed by atoms with Gasteiger partial charge in [-0.3, -0.25) is 14.5 Å². The average molecular weight is 367 g/mol. The Kier molecular flexibility index (Phi) is 5.69. The second-order valence-electron chi connectivity index (χ2n) is 6.62. The Morgan fingerprint density at radius 3 is 2.60 bits per heavy atom. The fourth-order valence-corrected chi connectivity index (χ4v) is 3.04. The lowest BCUT2D eigenvalue weighted by Gasteiger charge is -2.21. The third-order valence-corrected chi connectivity index (χ3v) is 4.74. The summed E-state index contributed by atoms with van der Waals surface area (Å²) in [6.45, 7) is 1.69. The maximum absolute atomic E-state index is 12.5. The zero-order chi connectivity index (χ0) is 17.3. The number of imide groups is 1. The molecule has 3 rings (SSSR count). The van der Waals surface area contributed by atoms with Crippen LogP contribution in [0.5, 0.6) is 0 Å². The van der Waals surface area contributed by atoms with Crippen LogP contribution < -0.4 is 16.4 Å². The molecule has 8 heteroatoms. The minimum absolute atomic E-state index is 0. The SMILES string of the molecule is CC1(C2CC2)NC(=O)N(CC(=O)NCC(N)c2ccccc2)C1=O.Cl. The zero-order valence-corrected chi connectivity index (χ0v) is 14.8. The Hall–Kier alpha value is -2.12. The number of rotatable bonds is 6. The highest BCUT2D eigenvalue weighted by atomic mass is 35.5. The van der Waals surface area contributed by atoms with Gasteiger partial charge in [0.1, 0.15) is 12.1 Å². The fraction of sp³-hybridized carbons (Fsp3) is 0.471. The maximum Gasteiger partial charge on any atom is 0.325 e. The lowest BCUT2D eigenvalue weighted by molar-refractivity contribution is -0.135. The van der Waals surface area contributed by atoms with Gasteiger partial charge in [0.25, 0.3) is 5.91 Å². The van der Waals surface area contributed by atoms with E-state index in [1.807, 2.05) is 30.3 Å². The summed E-state index contributed by atoms with van der Waals surface area (Å²) in [5.74, 6) is -0.545. The lowest BCUT2D eigenvalue weighted by Crippen LogP contribution is -2.47. The molecule has 0 spiro atoms. The first kappa shape index (κ1) is 19.2. The summed E-state index contributed by atoms with van der Waals surface area (Å²) in [4.78, 5) is 37.5. The highest BCUT2D eigenvalue weighted by molar-refractivity contribution is 6.09. The second kappa shape index (κ2) is 7.41. The summed E-state index contributed by atoms with van der Waals surface area (Å²) in [5.41, 5.74) is 6.07. The number of hydrogen-bond acceptors (Lipinski definition) is 4. The van der Waals surface area contributed by atoms with E-state index in [4.69, 9.17) is 5.73 Å². The van der Waals surface area contributed by atoms with Crippen LogP contribution in [-0.2, 0) is 9.59 Å². The summed E-state index contributed by atoms with van der Waals surface area (Å²) in [6, 6.07) is 8.58. The Morgan fingerprint density at radius 2 is 2.00 bits per heavy atom. The molecule has 2 unspecified atom stereocenters. The monoisotopic (exact) mass is 366 g/mol. The van der Waals surface area contributed by atoms with Crippen molar-refractivity contribution in [3.05, 3.63) is 35.9 Å². The minimum Gasteiger partial charge on any atom is -0.353 e. The van der Waals surface area contributed by atoms with Crippen molar-refractivity contribution < 1.29 is 14.4 Å². The van der Waals surface area contributed by atoms with E-state index in [0.717, 1.165) is 23.3 Å². The molecule has 1 aromatic rings. The Morgan fingerprint density at radius 1 is 1.36 bits per heavy atom. The van der Waals surface area contributed by atoms with Gasteiger partial charge in [0.2, 0.25) is 5.91 Å². The van der Waals surface area contributed by atoms with Gasteiger partial charge in [-0.05, 0) is 31.2 Å². The quantitative estimate of drug-likeness (QED) is 0.652. The van der Waals surface area contributed by atoms with Crippen molar-refractivity contribution in [3.63, 3.8) is 0 Å². The molecule has 1 aliphatic carbocycles. The summed E-state index contributed by atoms with van der Waals surface area (Å²) in [7, 11) is 0. The van der Waals surface area contributed by atoms with Crippen LogP contribution in [0.25, 0.3) is 0 Å². The van der Waals surface area contributed by atoms with Crippen molar-refractivity contribution in [2.75, 3.05) is 13.1 Å². The fourth-order valence-electron chi connectivity index (χ4n) is 3.04. The molecule has 136 valence electrons. The molecule has 0 radical (unpaired) electrons. The Balaban J connectivity index is 0.00000225. The van der Waals surface area contributed by atoms with Crippen LogP contribution in [0.15, 0.2) is 30.3 Å². The molecule has 4 amide bonds. The largest absolute Gasteiger partial charge is 0.353 e. The molecule has 1 saturated heterocycles. The van der Waals surface area contributed by atoms with Gasteiger partial charge in [0, 0.05) is 12.6 Å². The number of hydrogen-bond donors (Lipinski definition) is 3. The number of carbonyl (C=O) groups is 3. The molecule has 1 aliphatic heterocycles. The normalized spacial score (nSPS) is 23.7. The molecular formula is C17H23ClN4O3. The third-order valence-electron chi connectivity index (χ3n) is 4.74. The van der Waals surface area contributed by atoms with E-state index in [1.54, 1.807) is 6.92 Å². The van der Waals surface area contributed by atoms with E-state index in [0.29, 0.717) is 0 Å². The highest BCUT2D eigenvalue weighted by Crippen LogP contribution is 2.42. The number of halogens is 1. The molecule has 7 nitrogen and oxygen atoms in total. The lowest BCUT2D eigenvalue weighted by atomic mass is 9.96. The van der Waals surface area contributed by atoms with Crippen molar-refractivity contribution in [1.29, 1.82) is 0 Å². The van der Waals surface area contributed by atoms with Gasteiger partial charge in [0.05, 0.1) is 0 Å². The van der Waals surface area contributed by atoms with Crippen molar-refractivity contribution in [2.24, 2.45) is 11.7 Å². The van der Waals surface area contributed by atoms with Gasteiger partial charge in [-0.25, -0.2) is 4.79 Å². The molecule has 1 heterocycles. The molecule has 4 N–H and O–H groups in total. The molecule has 2 aliphatic rings. The predicted molar refractivity (Wildman–Crippen MR) is 95.0 cm³/mol. The van der Waals surface area contributed by atoms with Crippen molar-refractivity contribution in [2.45, 2.75) is 31.3 Å². The number of urea groups is 1. The molecule has 2 fully saturated rings. The number of amides is 4. The van der Waals surface area contributed by atoms with E-state index in [2.05, 4.69) is 10.6 Å². The highest BCUT2D eigenvalue weighted by Gasteiger charge is 2.56. The first-order chi connectivity index (χ1) is 11.4. The van der Waals surface area contributed by atoms with E-state index in [-0.39, 0.29) is 43.4 Å². The molecule has 2 atom stereocenters. The second-order valence-corrected chi connectivity index (χ2v) is 6.62. The molecule has 1 aromatic carbocycles. The van der Waals surface area contributed by atoms with Crippen LogP contribution in [0, 0.1) is 5.92 Å². The van der Waals surface area contributed by atoms with Crippen LogP contribution in [0.1, 0.15) is 31.4 Å². The van der Waals surface area contributed by atoms with Crippen LogP contribution >= 0.6 is 12.4 Å². The molecule has 0 bridgehead atoms. The smallest absolute Gasteiger partial charge is 0.325 e.